The first kappa shape index (κ1) is 17.2. The molecule has 0 fully saturated rings. The number of amides is 1. The van der Waals surface area contributed by atoms with Gasteiger partial charge in [-0.15, -0.1) is 0 Å². The number of benzene rings is 2. The highest BCUT2D eigenvalue weighted by Crippen LogP contribution is 2.29. The molecule has 2 aromatic carbocycles. The van der Waals surface area contributed by atoms with Crippen molar-refractivity contribution in [1.82, 2.24) is 20.3 Å². The van der Waals surface area contributed by atoms with E-state index in [1.807, 2.05) is 37.3 Å². The molecule has 0 unspecified atom stereocenters. The van der Waals surface area contributed by atoms with E-state index in [0.717, 1.165) is 11.8 Å². The van der Waals surface area contributed by atoms with Crippen molar-refractivity contribution >= 4 is 5.91 Å². The predicted molar refractivity (Wildman–Crippen MR) is 94.0 cm³/mol. The van der Waals surface area contributed by atoms with Crippen molar-refractivity contribution in [3.63, 3.8) is 0 Å². The van der Waals surface area contributed by atoms with Gasteiger partial charge >= 0.3 is 0 Å². The number of nitrogens with zero attached hydrogens (tertiary/aromatic N) is 3. The second-order valence-electron chi connectivity index (χ2n) is 6.09. The van der Waals surface area contributed by atoms with Crippen LogP contribution in [0.25, 0.3) is 5.69 Å². The molecule has 1 aromatic heterocycles. The minimum Gasteiger partial charge on any atom is -0.466 e. The highest BCUT2D eigenvalue weighted by atomic mass is 19.1. The van der Waals surface area contributed by atoms with E-state index >= 15 is 0 Å². The molecule has 0 saturated heterocycles. The third-order valence-electron chi connectivity index (χ3n) is 4.20. The van der Waals surface area contributed by atoms with Crippen LogP contribution in [0.1, 0.15) is 27.3 Å². The zero-order chi connectivity index (χ0) is 18.8. The number of para-hydroxylation sites is 1. The van der Waals surface area contributed by atoms with Crippen LogP contribution in [-0.4, -0.2) is 27.7 Å². The summed E-state index contributed by atoms with van der Waals surface area (Å²) in [5.74, 6) is -0.606. The number of nitrogens with one attached hydrogen (secondary N) is 1. The van der Waals surface area contributed by atoms with Crippen LogP contribution in [0.3, 0.4) is 0 Å². The Labute approximate surface area is 154 Å². The Morgan fingerprint density at radius 2 is 2.07 bits per heavy atom. The van der Waals surface area contributed by atoms with Crippen molar-refractivity contribution in [2.75, 3.05) is 6.79 Å². The molecule has 0 atom stereocenters. The van der Waals surface area contributed by atoms with Crippen molar-refractivity contribution in [2.24, 2.45) is 0 Å². The van der Waals surface area contributed by atoms with Gasteiger partial charge in [0.05, 0.1) is 30.1 Å². The molecule has 3 aromatic rings. The standard InChI is InChI=1S/C19H17FN4O3/c1-12-17(23-24(22-12)15-5-3-2-4-6-15)9-21-19(25)16-8-14(20)7-13-10-26-11-27-18(13)16/h2-8H,9-11H2,1H3,(H,21,25). The number of hydrogen-bond acceptors (Lipinski definition) is 5. The first-order chi connectivity index (χ1) is 13.1. The number of halogens is 1. The number of aryl methyl sites for hydroxylation is 1. The van der Waals surface area contributed by atoms with Gasteiger partial charge in [0.25, 0.3) is 5.91 Å². The van der Waals surface area contributed by atoms with Gasteiger partial charge < -0.3 is 14.8 Å². The Kier molecular flexibility index (Phi) is 4.55. The van der Waals surface area contributed by atoms with Gasteiger partial charge in [-0.25, -0.2) is 4.39 Å². The summed E-state index contributed by atoms with van der Waals surface area (Å²) in [4.78, 5) is 14.1. The zero-order valence-electron chi connectivity index (χ0n) is 14.6. The molecule has 0 saturated carbocycles. The maximum absolute atomic E-state index is 13.8. The smallest absolute Gasteiger partial charge is 0.255 e. The van der Waals surface area contributed by atoms with Gasteiger partial charge in [-0.05, 0) is 31.2 Å². The fourth-order valence-corrected chi connectivity index (χ4v) is 2.86. The summed E-state index contributed by atoms with van der Waals surface area (Å²) in [6, 6.07) is 11.9. The Balaban J connectivity index is 1.52. The summed E-state index contributed by atoms with van der Waals surface area (Å²) in [6.07, 6.45) is 0. The van der Waals surface area contributed by atoms with Crippen LogP contribution < -0.4 is 10.1 Å². The molecule has 1 amide bonds. The molecule has 0 spiro atoms. The van der Waals surface area contributed by atoms with Gasteiger partial charge in [-0.2, -0.15) is 15.0 Å². The minimum atomic E-state index is -0.515. The van der Waals surface area contributed by atoms with Crippen molar-refractivity contribution in [1.29, 1.82) is 0 Å². The molecule has 8 heteroatoms. The first-order valence-corrected chi connectivity index (χ1v) is 8.41. The fraction of sp³-hybridized carbons (Fsp3) is 0.211. The average Bonchev–Trinajstić information content (AvgIpc) is 3.07. The first-order valence-electron chi connectivity index (χ1n) is 8.41. The van der Waals surface area contributed by atoms with E-state index in [1.165, 1.54) is 10.9 Å². The Morgan fingerprint density at radius 1 is 1.26 bits per heavy atom. The maximum Gasteiger partial charge on any atom is 0.255 e. The fourth-order valence-electron chi connectivity index (χ4n) is 2.86. The van der Waals surface area contributed by atoms with Gasteiger partial charge in [0.2, 0.25) is 0 Å². The second kappa shape index (κ2) is 7.16. The van der Waals surface area contributed by atoms with Crippen LogP contribution >= 0.6 is 0 Å². The molecule has 0 radical (unpaired) electrons. The van der Waals surface area contributed by atoms with Crippen molar-refractivity contribution in [2.45, 2.75) is 20.1 Å². The second-order valence-corrected chi connectivity index (χ2v) is 6.09. The molecule has 1 N–H and O–H groups in total. The molecular formula is C19H17FN4O3. The number of carbonyl (C=O) groups is 1. The maximum atomic E-state index is 13.8. The number of rotatable bonds is 4. The third kappa shape index (κ3) is 3.52. The minimum absolute atomic E-state index is 0.0312. The van der Waals surface area contributed by atoms with Crippen LogP contribution in [-0.2, 0) is 17.9 Å². The SMILES string of the molecule is Cc1nn(-c2ccccc2)nc1CNC(=O)c1cc(F)cc2c1OCOC2. The number of carbonyl (C=O) groups excluding carboxylic acids is 1. The van der Waals surface area contributed by atoms with Gasteiger partial charge in [0, 0.05) is 5.56 Å². The largest absolute Gasteiger partial charge is 0.466 e. The number of aromatic nitrogens is 3. The average molecular weight is 368 g/mol. The summed E-state index contributed by atoms with van der Waals surface area (Å²) in [5.41, 5.74) is 2.80. The van der Waals surface area contributed by atoms with Gasteiger partial charge in [-0.1, -0.05) is 18.2 Å². The number of ether oxygens (including phenoxy) is 2. The lowest BCUT2D eigenvalue weighted by molar-refractivity contribution is -0.0170. The predicted octanol–water partition coefficient (Wildman–Crippen LogP) is 2.51. The van der Waals surface area contributed by atoms with Crippen LogP contribution in [0, 0.1) is 12.7 Å². The zero-order valence-corrected chi connectivity index (χ0v) is 14.6. The molecule has 4 rings (SSSR count). The molecule has 1 aliphatic rings. The van der Waals surface area contributed by atoms with Gasteiger partial charge in [-0.3, -0.25) is 4.79 Å². The molecule has 138 valence electrons. The lowest BCUT2D eigenvalue weighted by Crippen LogP contribution is -2.26. The van der Waals surface area contributed by atoms with E-state index in [9.17, 15) is 9.18 Å². The summed E-state index contributed by atoms with van der Waals surface area (Å²) in [7, 11) is 0. The van der Waals surface area contributed by atoms with Crippen LogP contribution in [0.15, 0.2) is 42.5 Å². The van der Waals surface area contributed by atoms with Crippen molar-refractivity contribution in [3.05, 3.63) is 70.8 Å². The monoisotopic (exact) mass is 368 g/mol. The lowest BCUT2D eigenvalue weighted by atomic mass is 10.1. The quantitative estimate of drug-likeness (QED) is 0.766. The van der Waals surface area contributed by atoms with Crippen molar-refractivity contribution < 1.29 is 18.7 Å². The van der Waals surface area contributed by atoms with Crippen LogP contribution in [0.4, 0.5) is 4.39 Å². The lowest BCUT2D eigenvalue weighted by Gasteiger charge is -2.20. The van der Waals surface area contributed by atoms with Crippen molar-refractivity contribution in [3.8, 4) is 11.4 Å². The van der Waals surface area contributed by atoms with E-state index in [1.54, 1.807) is 0 Å². The normalized spacial score (nSPS) is 13.0. The summed E-state index contributed by atoms with van der Waals surface area (Å²) < 4.78 is 24.3. The topological polar surface area (TPSA) is 78.3 Å². The molecule has 1 aliphatic heterocycles. The van der Waals surface area contributed by atoms with Gasteiger partial charge in [0.1, 0.15) is 17.3 Å². The molecule has 0 aliphatic carbocycles. The molecule has 7 nitrogen and oxygen atoms in total. The van der Waals surface area contributed by atoms with Crippen LogP contribution in [0.2, 0.25) is 0 Å². The third-order valence-corrected chi connectivity index (χ3v) is 4.20. The highest BCUT2D eigenvalue weighted by Gasteiger charge is 2.22. The Bertz CT molecular complexity index is 988. The van der Waals surface area contributed by atoms with E-state index in [4.69, 9.17) is 9.47 Å². The highest BCUT2D eigenvalue weighted by molar-refractivity contribution is 5.97. The Hall–Kier alpha value is -3.26. The van der Waals surface area contributed by atoms with E-state index in [0.29, 0.717) is 22.7 Å². The number of fused-ring (bicyclic) bond motifs is 1. The number of hydrogen-bond donors (Lipinski definition) is 1. The Morgan fingerprint density at radius 3 is 2.89 bits per heavy atom. The molecule has 2 heterocycles. The molecular weight excluding hydrogens is 351 g/mol. The van der Waals surface area contributed by atoms with E-state index < -0.39 is 11.7 Å². The van der Waals surface area contributed by atoms with E-state index in [2.05, 4.69) is 15.5 Å². The van der Waals surface area contributed by atoms with Gasteiger partial charge in [0.15, 0.2) is 6.79 Å². The van der Waals surface area contributed by atoms with Crippen LogP contribution in [0.5, 0.6) is 5.75 Å². The molecule has 27 heavy (non-hydrogen) atoms. The van der Waals surface area contributed by atoms with E-state index in [-0.39, 0.29) is 25.5 Å². The summed E-state index contributed by atoms with van der Waals surface area (Å²) in [6.45, 7) is 2.22. The summed E-state index contributed by atoms with van der Waals surface area (Å²) >= 11 is 0. The molecule has 0 bridgehead atoms. The summed E-state index contributed by atoms with van der Waals surface area (Å²) in [5, 5.41) is 11.5.